The van der Waals surface area contributed by atoms with Gasteiger partial charge in [0.05, 0.1) is 17.8 Å². The van der Waals surface area contributed by atoms with Crippen LogP contribution in [-0.2, 0) is 6.54 Å². The third-order valence-corrected chi connectivity index (χ3v) is 6.46. The first-order valence-corrected chi connectivity index (χ1v) is 11.2. The van der Waals surface area contributed by atoms with Crippen LogP contribution in [0.1, 0.15) is 40.3 Å². The van der Waals surface area contributed by atoms with E-state index in [9.17, 15) is 0 Å². The molecular formula is C26H25N5S. The number of nitrogens with one attached hydrogen (secondary N) is 1. The van der Waals surface area contributed by atoms with Crippen molar-refractivity contribution in [1.29, 1.82) is 0 Å². The summed E-state index contributed by atoms with van der Waals surface area (Å²) in [5.41, 5.74) is 6.99. The number of hydrogen-bond donors (Lipinski definition) is 1. The number of hydrogen-bond acceptors (Lipinski definition) is 3. The number of rotatable bonds is 5. The second-order valence-corrected chi connectivity index (χ2v) is 8.49. The standard InChI is InChI=1S/C26H25N5S/c1-18-16-22(19(2)31(18)21-8-4-3-5-9-21)25-24(23-10-6-7-13-28-23)29-26(32)30(25)17-20-11-14-27-15-12-20/h3-16,24-25H,17H2,1-2H3,(H,29,32)/t24-,25+/m0/s1. The fraction of sp³-hybridized carbons (Fsp3) is 0.192. The molecule has 0 amide bonds. The van der Waals surface area contributed by atoms with E-state index in [1.165, 1.54) is 22.5 Å². The van der Waals surface area contributed by atoms with Crippen molar-refractivity contribution in [1.82, 2.24) is 24.8 Å². The molecule has 0 radical (unpaired) electrons. The Hall–Kier alpha value is -3.51. The predicted octanol–water partition coefficient (Wildman–Crippen LogP) is 5.06. The number of aromatic nitrogens is 3. The van der Waals surface area contributed by atoms with Gasteiger partial charge in [0, 0.05) is 42.2 Å². The summed E-state index contributed by atoms with van der Waals surface area (Å²) < 4.78 is 2.32. The van der Waals surface area contributed by atoms with Crippen LogP contribution in [0.15, 0.2) is 85.3 Å². The van der Waals surface area contributed by atoms with Gasteiger partial charge >= 0.3 is 0 Å². The Morgan fingerprint density at radius 3 is 2.41 bits per heavy atom. The smallest absolute Gasteiger partial charge is 0.170 e. The lowest BCUT2D eigenvalue weighted by Gasteiger charge is -2.28. The van der Waals surface area contributed by atoms with E-state index in [0.717, 1.165) is 16.5 Å². The first-order valence-electron chi connectivity index (χ1n) is 10.7. The Morgan fingerprint density at radius 2 is 1.69 bits per heavy atom. The van der Waals surface area contributed by atoms with Crippen LogP contribution in [0.25, 0.3) is 5.69 Å². The molecule has 4 aromatic rings. The van der Waals surface area contributed by atoms with E-state index in [1.54, 1.807) is 0 Å². The number of thiocarbonyl (C=S) groups is 1. The maximum atomic E-state index is 5.83. The van der Waals surface area contributed by atoms with Crippen LogP contribution in [0.3, 0.4) is 0 Å². The van der Waals surface area contributed by atoms with Crippen molar-refractivity contribution in [3.05, 3.63) is 114 Å². The molecule has 3 aromatic heterocycles. The summed E-state index contributed by atoms with van der Waals surface area (Å²) in [5.74, 6) is 0. The van der Waals surface area contributed by atoms with Crippen molar-refractivity contribution < 1.29 is 0 Å². The molecule has 0 unspecified atom stereocenters. The largest absolute Gasteiger partial charge is 0.352 e. The van der Waals surface area contributed by atoms with Crippen molar-refractivity contribution in [3.63, 3.8) is 0 Å². The zero-order valence-electron chi connectivity index (χ0n) is 18.1. The highest BCUT2D eigenvalue weighted by molar-refractivity contribution is 7.80. The molecule has 0 saturated carbocycles. The Labute approximate surface area is 193 Å². The Kier molecular flexibility index (Phi) is 5.45. The van der Waals surface area contributed by atoms with Gasteiger partial charge in [-0.15, -0.1) is 0 Å². The minimum atomic E-state index is -0.0322. The topological polar surface area (TPSA) is 46.0 Å². The fourth-order valence-electron chi connectivity index (χ4n) is 4.66. The molecule has 1 N–H and O–H groups in total. The van der Waals surface area contributed by atoms with Crippen molar-refractivity contribution in [2.24, 2.45) is 0 Å². The van der Waals surface area contributed by atoms with E-state index in [0.29, 0.717) is 6.54 Å². The lowest BCUT2D eigenvalue weighted by Crippen LogP contribution is -2.29. The summed E-state index contributed by atoms with van der Waals surface area (Å²) in [7, 11) is 0. The van der Waals surface area contributed by atoms with Gasteiger partial charge in [-0.1, -0.05) is 24.3 Å². The van der Waals surface area contributed by atoms with Gasteiger partial charge in [-0.05, 0) is 79.7 Å². The van der Waals surface area contributed by atoms with Crippen LogP contribution in [0.5, 0.6) is 0 Å². The van der Waals surface area contributed by atoms with E-state index in [4.69, 9.17) is 12.2 Å². The number of para-hydroxylation sites is 1. The predicted molar refractivity (Wildman–Crippen MR) is 130 cm³/mol. The molecule has 1 aliphatic heterocycles. The number of nitrogens with zero attached hydrogens (tertiary/aromatic N) is 4. The Balaban J connectivity index is 1.62. The minimum Gasteiger partial charge on any atom is -0.352 e. The van der Waals surface area contributed by atoms with Gasteiger partial charge in [0.15, 0.2) is 5.11 Å². The Morgan fingerprint density at radius 1 is 0.938 bits per heavy atom. The molecule has 0 spiro atoms. The fourth-order valence-corrected chi connectivity index (χ4v) is 4.97. The second-order valence-electron chi connectivity index (χ2n) is 8.11. The molecular weight excluding hydrogens is 414 g/mol. The van der Waals surface area contributed by atoms with Crippen molar-refractivity contribution in [2.45, 2.75) is 32.5 Å². The van der Waals surface area contributed by atoms with Crippen LogP contribution in [0, 0.1) is 13.8 Å². The lowest BCUT2D eigenvalue weighted by molar-refractivity contribution is 0.310. The van der Waals surface area contributed by atoms with E-state index >= 15 is 0 Å². The van der Waals surface area contributed by atoms with Gasteiger partial charge in [-0.3, -0.25) is 9.97 Å². The van der Waals surface area contributed by atoms with Crippen LogP contribution < -0.4 is 5.32 Å². The average Bonchev–Trinajstić information content (AvgIpc) is 3.30. The number of benzene rings is 1. The molecule has 2 atom stereocenters. The van der Waals surface area contributed by atoms with Gasteiger partial charge in [0.2, 0.25) is 0 Å². The van der Waals surface area contributed by atoms with Gasteiger partial charge < -0.3 is 14.8 Å². The van der Waals surface area contributed by atoms with E-state index in [2.05, 4.69) is 75.0 Å². The molecule has 4 heterocycles. The zero-order chi connectivity index (χ0) is 22.1. The second kappa shape index (κ2) is 8.55. The molecule has 0 aliphatic carbocycles. The van der Waals surface area contributed by atoms with Gasteiger partial charge in [0.1, 0.15) is 0 Å². The molecule has 32 heavy (non-hydrogen) atoms. The summed E-state index contributed by atoms with van der Waals surface area (Å²) in [6, 6.07) is 22.9. The highest BCUT2D eigenvalue weighted by atomic mass is 32.1. The first kappa shape index (κ1) is 20.4. The van der Waals surface area contributed by atoms with Crippen LogP contribution >= 0.6 is 12.2 Å². The van der Waals surface area contributed by atoms with Crippen molar-refractivity contribution in [3.8, 4) is 5.69 Å². The highest BCUT2D eigenvalue weighted by Crippen LogP contribution is 2.42. The molecule has 0 bridgehead atoms. The summed E-state index contributed by atoms with van der Waals surface area (Å²) in [5, 5.41) is 4.30. The molecule has 5 nitrogen and oxygen atoms in total. The molecule has 160 valence electrons. The summed E-state index contributed by atoms with van der Waals surface area (Å²) in [6.07, 6.45) is 5.50. The maximum Gasteiger partial charge on any atom is 0.170 e. The molecule has 5 rings (SSSR count). The number of aryl methyl sites for hydroxylation is 1. The quantitative estimate of drug-likeness (QED) is 0.441. The van der Waals surface area contributed by atoms with Crippen molar-refractivity contribution >= 4 is 17.3 Å². The van der Waals surface area contributed by atoms with Gasteiger partial charge in [-0.25, -0.2) is 0 Å². The third kappa shape index (κ3) is 3.67. The van der Waals surface area contributed by atoms with E-state index in [-0.39, 0.29) is 12.1 Å². The summed E-state index contributed by atoms with van der Waals surface area (Å²) in [4.78, 5) is 11.1. The highest BCUT2D eigenvalue weighted by Gasteiger charge is 2.41. The van der Waals surface area contributed by atoms with E-state index in [1.807, 2.05) is 48.9 Å². The monoisotopic (exact) mass is 439 g/mol. The van der Waals surface area contributed by atoms with Crippen LogP contribution in [-0.4, -0.2) is 24.5 Å². The summed E-state index contributed by atoms with van der Waals surface area (Å²) in [6.45, 7) is 5.06. The van der Waals surface area contributed by atoms with Gasteiger partial charge in [0.25, 0.3) is 0 Å². The molecule has 1 aromatic carbocycles. The maximum absolute atomic E-state index is 5.83. The van der Waals surface area contributed by atoms with E-state index < -0.39 is 0 Å². The Bertz CT molecular complexity index is 1220. The third-order valence-electron chi connectivity index (χ3n) is 6.10. The molecule has 1 saturated heterocycles. The van der Waals surface area contributed by atoms with Crippen LogP contribution in [0.4, 0.5) is 0 Å². The number of pyridine rings is 2. The SMILES string of the molecule is Cc1cc([C@@H]2[C@H](c3ccccn3)NC(=S)N2Cc2ccncc2)c(C)n1-c1ccccc1. The normalized spacial score (nSPS) is 18.1. The molecule has 1 aliphatic rings. The lowest BCUT2D eigenvalue weighted by atomic mass is 9.96. The van der Waals surface area contributed by atoms with Crippen LogP contribution in [0.2, 0.25) is 0 Å². The molecule has 6 heteroatoms. The van der Waals surface area contributed by atoms with Gasteiger partial charge in [-0.2, -0.15) is 0 Å². The molecule has 1 fully saturated rings. The minimum absolute atomic E-state index is 0.0224. The summed E-state index contributed by atoms with van der Waals surface area (Å²) >= 11 is 5.83. The first-order chi connectivity index (χ1) is 15.6. The average molecular weight is 440 g/mol. The van der Waals surface area contributed by atoms with Crippen molar-refractivity contribution in [2.75, 3.05) is 0 Å². The zero-order valence-corrected chi connectivity index (χ0v) is 19.0.